The number of benzene rings is 1. The van der Waals surface area contributed by atoms with E-state index in [9.17, 15) is 26.7 Å². The maximum absolute atomic E-state index is 13.5. The molecule has 1 aliphatic carbocycles. The van der Waals surface area contributed by atoms with Crippen molar-refractivity contribution in [3.8, 4) is 11.8 Å². The fourth-order valence-electron chi connectivity index (χ4n) is 5.07. The van der Waals surface area contributed by atoms with Crippen LogP contribution in [-0.4, -0.2) is 41.5 Å². The Hall–Kier alpha value is -3.72. The lowest BCUT2D eigenvalue weighted by Gasteiger charge is -2.43. The molecule has 2 aromatic rings. The minimum atomic E-state index is -4.83. The Morgan fingerprint density at radius 3 is 2.46 bits per heavy atom. The highest BCUT2D eigenvalue weighted by atomic mass is 19.4. The maximum atomic E-state index is 13.5. The number of pyridine rings is 1. The van der Waals surface area contributed by atoms with E-state index in [0.29, 0.717) is 24.3 Å². The number of aromatic nitrogens is 1. The van der Waals surface area contributed by atoms with Gasteiger partial charge in [0.2, 0.25) is 0 Å². The van der Waals surface area contributed by atoms with E-state index in [1.54, 1.807) is 29.2 Å². The van der Waals surface area contributed by atoms with Crippen molar-refractivity contribution in [3.63, 3.8) is 0 Å². The van der Waals surface area contributed by atoms with E-state index in [1.807, 2.05) is 0 Å². The second kappa shape index (κ2) is 8.69. The van der Waals surface area contributed by atoms with Crippen LogP contribution in [0.25, 0.3) is 0 Å². The molecule has 1 spiro atoms. The molecule has 5 rings (SSSR count). The Bertz CT molecular complexity index is 1280. The molecule has 194 valence electrons. The van der Waals surface area contributed by atoms with Gasteiger partial charge in [0.25, 0.3) is 11.8 Å². The number of carbonyl (C=O) groups excluding carboxylic acids is 1. The number of amides is 1. The average Bonchev–Trinajstić information content (AvgIpc) is 3.29. The molecule has 1 N–H and O–H groups in total. The highest BCUT2D eigenvalue weighted by molar-refractivity contribution is 6.10. The van der Waals surface area contributed by atoms with E-state index in [-0.39, 0.29) is 31.1 Å². The van der Waals surface area contributed by atoms with Crippen molar-refractivity contribution in [1.29, 1.82) is 5.26 Å². The summed E-state index contributed by atoms with van der Waals surface area (Å²) in [6, 6.07) is 8.35. The minimum Gasteiger partial charge on any atom is -0.492 e. The van der Waals surface area contributed by atoms with Gasteiger partial charge in [-0.05, 0) is 49.6 Å². The molecule has 2 saturated heterocycles. The topological polar surface area (TPSA) is 81.5 Å². The van der Waals surface area contributed by atoms with Crippen molar-refractivity contribution in [2.75, 3.05) is 23.0 Å². The molecule has 1 atom stereocenters. The van der Waals surface area contributed by atoms with E-state index in [2.05, 4.69) is 16.9 Å². The van der Waals surface area contributed by atoms with E-state index < -0.39 is 40.8 Å². The van der Waals surface area contributed by atoms with Crippen molar-refractivity contribution >= 4 is 17.3 Å². The minimum absolute atomic E-state index is 0.0643. The first-order valence-electron chi connectivity index (χ1n) is 11.6. The van der Waals surface area contributed by atoms with Crippen molar-refractivity contribution in [1.82, 2.24) is 10.3 Å². The monoisotopic (exact) mass is 519 g/mol. The molecule has 3 fully saturated rings. The maximum Gasteiger partial charge on any atom is 0.419 e. The number of carbonyl (C=O) groups is 1. The summed E-state index contributed by atoms with van der Waals surface area (Å²) in [4.78, 5) is 20.0. The first kappa shape index (κ1) is 25.0. The number of alkyl halides is 5. The SMILES string of the molecule is C=C1N(c2cnc(C#N)c(C(F)(F)F)c2)C(=O)C2(CCC2)N1c1ccc(OCC2CC(F)(F)CN2)cc1. The first-order valence-corrected chi connectivity index (χ1v) is 11.6. The second-order valence-electron chi connectivity index (χ2n) is 9.42. The number of rotatable bonds is 5. The summed E-state index contributed by atoms with van der Waals surface area (Å²) in [5, 5.41) is 11.8. The summed E-state index contributed by atoms with van der Waals surface area (Å²) >= 11 is 0. The molecule has 0 radical (unpaired) electrons. The molecule has 2 aliphatic heterocycles. The lowest BCUT2D eigenvalue weighted by atomic mass is 9.75. The smallest absolute Gasteiger partial charge is 0.419 e. The van der Waals surface area contributed by atoms with E-state index in [0.717, 1.165) is 23.6 Å². The summed E-state index contributed by atoms with van der Waals surface area (Å²) in [5.74, 6) is -2.57. The van der Waals surface area contributed by atoms with E-state index in [4.69, 9.17) is 10.00 Å². The van der Waals surface area contributed by atoms with E-state index >= 15 is 0 Å². The van der Waals surface area contributed by atoms with Gasteiger partial charge in [-0.15, -0.1) is 0 Å². The van der Waals surface area contributed by atoms with Crippen molar-refractivity contribution in [2.45, 2.75) is 49.4 Å². The van der Waals surface area contributed by atoms with Gasteiger partial charge in [-0.2, -0.15) is 18.4 Å². The third-order valence-electron chi connectivity index (χ3n) is 7.01. The Kier molecular flexibility index (Phi) is 5.86. The molecule has 1 saturated carbocycles. The van der Waals surface area contributed by atoms with Gasteiger partial charge < -0.3 is 15.0 Å². The molecule has 0 bridgehead atoms. The molecule has 1 amide bonds. The predicted octanol–water partition coefficient (Wildman–Crippen LogP) is 4.60. The van der Waals surface area contributed by atoms with Crippen molar-refractivity contribution in [2.24, 2.45) is 0 Å². The summed E-state index contributed by atoms with van der Waals surface area (Å²) in [6.45, 7) is 3.68. The van der Waals surface area contributed by atoms with Crippen LogP contribution in [0.2, 0.25) is 0 Å². The summed E-state index contributed by atoms with van der Waals surface area (Å²) in [7, 11) is 0. The quantitative estimate of drug-likeness (QED) is 0.582. The van der Waals surface area contributed by atoms with Crippen LogP contribution in [0.5, 0.6) is 5.75 Å². The number of hydrogen-bond acceptors (Lipinski definition) is 6. The molecular weight excluding hydrogens is 497 g/mol. The molecular formula is C25H22F5N5O2. The van der Waals surface area contributed by atoms with Gasteiger partial charge in [0, 0.05) is 18.2 Å². The molecule has 1 unspecified atom stereocenters. The van der Waals surface area contributed by atoms with Crippen LogP contribution in [0.4, 0.5) is 33.3 Å². The number of nitrogens with one attached hydrogen (secondary N) is 1. The van der Waals surface area contributed by atoms with Gasteiger partial charge in [0.05, 0.1) is 24.0 Å². The van der Waals surface area contributed by atoms with Gasteiger partial charge in [-0.25, -0.2) is 13.8 Å². The van der Waals surface area contributed by atoms with Crippen molar-refractivity contribution in [3.05, 3.63) is 60.2 Å². The van der Waals surface area contributed by atoms with Gasteiger partial charge >= 0.3 is 6.18 Å². The number of hydrogen-bond donors (Lipinski definition) is 1. The number of nitrogens with zero attached hydrogens (tertiary/aromatic N) is 4. The van der Waals surface area contributed by atoms with Crippen LogP contribution >= 0.6 is 0 Å². The first-order chi connectivity index (χ1) is 17.4. The average molecular weight is 519 g/mol. The second-order valence-corrected chi connectivity index (χ2v) is 9.42. The number of anilines is 2. The molecule has 12 heteroatoms. The third-order valence-corrected chi connectivity index (χ3v) is 7.01. The number of halogens is 5. The van der Waals surface area contributed by atoms with Gasteiger partial charge in [0.15, 0.2) is 5.69 Å². The zero-order valence-electron chi connectivity index (χ0n) is 19.5. The van der Waals surface area contributed by atoms with Crippen LogP contribution in [0, 0.1) is 11.3 Å². The van der Waals surface area contributed by atoms with E-state index in [1.165, 1.54) is 6.07 Å². The zero-order chi connectivity index (χ0) is 26.6. The Morgan fingerprint density at radius 2 is 1.92 bits per heavy atom. The summed E-state index contributed by atoms with van der Waals surface area (Å²) < 4.78 is 72.9. The fraction of sp³-hybridized carbons (Fsp3) is 0.400. The highest BCUT2D eigenvalue weighted by Gasteiger charge is 2.59. The Labute approximate surface area is 209 Å². The standard InChI is InChI=1S/C25H22F5N5O2/c1-15-34(18-9-20(25(28,29)30)21(11-31)32-12-18)22(36)23(7-2-8-23)35(15)17-3-5-19(6-4-17)37-13-16-10-24(26,27)14-33-16/h3-6,9,12,16,33H,1-2,7-8,10,13-14H2. The Balaban J connectivity index is 1.40. The Morgan fingerprint density at radius 1 is 1.22 bits per heavy atom. The summed E-state index contributed by atoms with van der Waals surface area (Å²) in [6.07, 6.45) is -2.35. The van der Waals surface area contributed by atoms with Crippen LogP contribution in [0.1, 0.15) is 36.9 Å². The van der Waals surface area contributed by atoms with Gasteiger partial charge in [0.1, 0.15) is 29.8 Å². The van der Waals surface area contributed by atoms with Crippen LogP contribution in [-0.2, 0) is 11.0 Å². The van der Waals surface area contributed by atoms with Gasteiger partial charge in [-0.1, -0.05) is 6.58 Å². The molecule has 3 heterocycles. The summed E-state index contributed by atoms with van der Waals surface area (Å²) in [5.41, 5.74) is -2.56. The largest absolute Gasteiger partial charge is 0.492 e. The van der Waals surface area contributed by atoms with Gasteiger partial charge in [-0.3, -0.25) is 9.69 Å². The number of nitriles is 1. The van der Waals surface area contributed by atoms with Crippen LogP contribution in [0.15, 0.2) is 48.9 Å². The molecule has 1 aromatic carbocycles. The van der Waals surface area contributed by atoms with Crippen LogP contribution in [0.3, 0.4) is 0 Å². The normalized spacial score (nSPS) is 22.3. The zero-order valence-corrected chi connectivity index (χ0v) is 19.5. The molecule has 3 aliphatic rings. The number of ether oxygens (including phenoxy) is 1. The fourth-order valence-corrected chi connectivity index (χ4v) is 5.07. The lowest BCUT2D eigenvalue weighted by Crippen LogP contribution is -2.54. The highest BCUT2D eigenvalue weighted by Crippen LogP contribution is 2.50. The molecule has 1 aromatic heterocycles. The molecule has 7 nitrogen and oxygen atoms in total. The molecule has 37 heavy (non-hydrogen) atoms. The lowest BCUT2D eigenvalue weighted by molar-refractivity contribution is -0.138. The predicted molar refractivity (Wildman–Crippen MR) is 123 cm³/mol. The van der Waals surface area contributed by atoms with Crippen molar-refractivity contribution < 1.29 is 31.5 Å². The third kappa shape index (κ3) is 4.27. The van der Waals surface area contributed by atoms with Crippen LogP contribution < -0.4 is 19.9 Å².